The Morgan fingerprint density at radius 3 is 2.38 bits per heavy atom. The number of fused-ring (bicyclic) bond motifs is 2. The molecule has 1 fully saturated rings. The van der Waals surface area contributed by atoms with E-state index in [1.807, 2.05) is 20.8 Å². The molecule has 1 aliphatic heterocycles. The first-order chi connectivity index (χ1) is 30.3. The average Bonchev–Trinajstić information content (AvgIpc) is 4.04. The van der Waals surface area contributed by atoms with Crippen molar-refractivity contribution < 1.29 is 38.1 Å². The molecule has 6 aromatic rings. The maximum atomic E-state index is 15.9. The average molecular weight is 887 g/mol. The molecule has 1 aliphatic rings. The number of ether oxygens (including phenoxy) is 3. The maximum absolute atomic E-state index is 15.9. The van der Waals surface area contributed by atoms with E-state index in [2.05, 4.69) is 30.6 Å². The summed E-state index contributed by atoms with van der Waals surface area (Å²) in [6.07, 6.45) is 3.51. The molecular formula is C42H51FN12O7S. The fourth-order valence-electron chi connectivity index (χ4n) is 7.56. The lowest BCUT2D eigenvalue weighted by molar-refractivity contribution is 0.0358. The number of allylic oxidation sites excluding steroid dienone is 2. The van der Waals surface area contributed by atoms with Crippen molar-refractivity contribution in [2.24, 2.45) is 11.5 Å². The first-order valence-corrected chi connectivity index (χ1v) is 21.4. The summed E-state index contributed by atoms with van der Waals surface area (Å²) in [4.78, 5) is 55.2. The number of aliphatic hydroxyl groups is 1. The molecule has 2 aromatic carbocycles. The smallest absolute Gasteiger partial charge is 0.269 e. The van der Waals surface area contributed by atoms with Crippen molar-refractivity contribution in [2.75, 3.05) is 57.2 Å². The highest BCUT2D eigenvalue weighted by Crippen LogP contribution is 2.35. The lowest BCUT2D eigenvalue weighted by Gasteiger charge is -2.26. The number of carbonyl (C=O) groups excluding carboxylic acids is 3. The molecule has 0 spiro atoms. The fourth-order valence-corrected chi connectivity index (χ4v) is 8.46. The van der Waals surface area contributed by atoms with Crippen molar-refractivity contribution in [1.29, 1.82) is 0 Å². The number of primary amides is 2. The topological polar surface area (TPSA) is 245 Å². The minimum Gasteiger partial charge on any atom is -0.494 e. The van der Waals surface area contributed by atoms with Crippen molar-refractivity contribution in [1.82, 2.24) is 38.8 Å². The second kappa shape index (κ2) is 19.3. The van der Waals surface area contributed by atoms with Crippen molar-refractivity contribution in [3.8, 4) is 11.5 Å². The number of nitrogens with zero attached hydrogens (tertiary/aromatic N) is 8. The van der Waals surface area contributed by atoms with E-state index in [0.29, 0.717) is 77.9 Å². The number of morpholine rings is 1. The molecule has 0 aliphatic carbocycles. The standard InChI is InChI=1S/C42H51FN12O7S/c1-6-27-36(63-24(4)46-27)40(59)50-41-47-28-20-25(37(44)56)21-31(62-16-10-11-52-14-17-61-18-15-52)34(28)53(41)12-8-9-13-54-35-30(60-5)22-26(38(45)57)32(43)33(35)48-42(54)49-39(58)29-19-23(3)51-55(29)7-2/h8-9,19-22,39,58H,6-7,10-18H2,1-5H3,(H2,44,56)(H2,45,57)(H,48,49)(H,47,50,59)/b9-8+. The number of rotatable bonds is 19. The molecule has 1 saturated heterocycles. The highest BCUT2D eigenvalue weighted by Gasteiger charge is 2.26. The van der Waals surface area contributed by atoms with Crippen LogP contribution in [0.3, 0.4) is 0 Å². The van der Waals surface area contributed by atoms with Gasteiger partial charge < -0.3 is 45.2 Å². The van der Waals surface area contributed by atoms with E-state index >= 15 is 4.39 Å². The predicted molar refractivity (Wildman–Crippen MR) is 235 cm³/mol. The molecule has 63 heavy (non-hydrogen) atoms. The molecule has 0 radical (unpaired) electrons. The van der Waals surface area contributed by atoms with Crippen molar-refractivity contribution >= 4 is 63.0 Å². The Morgan fingerprint density at radius 1 is 0.984 bits per heavy atom. The number of hydrogen-bond donors (Lipinski definition) is 5. The van der Waals surface area contributed by atoms with Crippen LogP contribution in [0.25, 0.3) is 22.1 Å². The number of carbonyl (C=O) groups is 3. The number of nitrogens with two attached hydrogens (primary N) is 2. The van der Waals surface area contributed by atoms with Gasteiger partial charge in [0.15, 0.2) is 12.0 Å². The maximum Gasteiger partial charge on any atom is 0.269 e. The SMILES string of the molecule is CCc1nc(C)sc1C(=O)Nc1nc2cc(C(N)=O)cc(OCCCN3CCOCC3)c2n1C/C=C/Cn1c(NC(O)c2cc(C)nn2CC)nc2c(F)c(C(N)=O)cc(OC)c21. The van der Waals surface area contributed by atoms with Crippen molar-refractivity contribution in [3.05, 3.63) is 80.3 Å². The Labute approximate surface area is 365 Å². The summed E-state index contributed by atoms with van der Waals surface area (Å²) in [5, 5.41) is 22.5. The second-order valence-corrected chi connectivity index (χ2v) is 16.0. The third kappa shape index (κ3) is 9.50. The highest BCUT2D eigenvalue weighted by molar-refractivity contribution is 7.13. The van der Waals surface area contributed by atoms with Crippen LogP contribution in [0.15, 0.2) is 36.4 Å². The van der Waals surface area contributed by atoms with E-state index in [-0.39, 0.29) is 47.3 Å². The van der Waals surface area contributed by atoms with Gasteiger partial charge in [-0.2, -0.15) is 5.10 Å². The highest BCUT2D eigenvalue weighted by atomic mass is 32.1. The van der Waals surface area contributed by atoms with Gasteiger partial charge in [-0.3, -0.25) is 29.3 Å². The zero-order valence-electron chi connectivity index (χ0n) is 35.7. The Morgan fingerprint density at radius 2 is 1.71 bits per heavy atom. The molecule has 5 heterocycles. The summed E-state index contributed by atoms with van der Waals surface area (Å²) in [6.45, 7) is 12.2. The predicted octanol–water partition coefficient (Wildman–Crippen LogP) is 4.30. The van der Waals surface area contributed by atoms with Gasteiger partial charge in [-0.15, -0.1) is 11.3 Å². The molecule has 4 aromatic heterocycles. The molecule has 1 unspecified atom stereocenters. The monoisotopic (exact) mass is 886 g/mol. The van der Waals surface area contributed by atoms with E-state index < -0.39 is 35.3 Å². The van der Waals surface area contributed by atoms with E-state index in [1.54, 1.807) is 51.1 Å². The number of nitrogens with one attached hydrogen (secondary N) is 2. The van der Waals surface area contributed by atoms with E-state index in [0.717, 1.165) is 24.6 Å². The second-order valence-electron chi connectivity index (χ2n) is 14.8. The fraction of sp³-hybridized carbons (Fsp3) is 0.405. The summed E-state index contributed by atoms with van der Waals surface area (Å²) in [5.74, 6) is -2.32. The number of amides is 3. The number of hydrogen-bond acceptors (Lipinski definition) is 14. The summed E-state index contributed by atoms with van der Waals surface area (Å²) in [5.41, 5.74) is 13.7. The Balaban J connectivity index is 1.26. The molecular weight excluding hydrogens is 836 g/mol. The molecule has 1 atom stereocenters. The van der Waals surface area contributed by atoms with Gasteiger partial charge in [-0.05, 0) is 57.9 Å². The Bertz CT molecular complexity index is 2700. The largest absolute Gasteiger partial charge is 0.494 e. The quantitative estimate of drug-likeness (QED) is 0.0434. The van der Waals surface area contributed by atoms with E-state index in [9.17, 15) is 19.5 Å². The third-order valence-electron chi connectivity index (χ3n) is 10.6. The summed E-state index contributed by atoms with van der Waals surface area (Å²) in [6, 6.07) is 6.06. The van der Waals surface area contributed by atoms with Gasteiger partial charge in [-0.25, -0.2) is 19.3 Å². The minimum absolute atomic E-state index is 0.0500. The first kappa shape index (κ1) is 44.6. The van der Waals surface area contributed by atoms with E-state index in [4.69, 9.17) is 30.7 Å². The summed E-state index contributed by atoms with van der Waals surface area (Å²) < 4.78 is 38.4. The zero-order valence-corrected chi connectivity index (χ0v) is 36.6. The van der Waals surface area contributed by atoms with Crippen molar-refractivity contribution in [3.63, 3.8) is 0 Å². The van der Waals surface area contributed by atoms with Crippen LogP contribution in [-0.2, 0) is 30.8 Å². The van der Waals surface area contributed by atoms with Gasteiger partial charge in [0.25, 0.3) is 11.8 Å². The lowest BCUT2D eigenvalue weighted by Crippen LogP contribution is -2.37. The molecule has 7 rings (SSSR count). The Kier molecular flexibility index (Phi) is 13.7. The van der Waals surface area contributed by atoms with Crippen LogP contribution < -0.4 is 31.6 Å². The van der Waals surface area contributed by atoms with Crippen LogP contribution in [0.2, 0.25) is 0 Å². The molecule has 19 nitrogen and oxygen atoms in total. The zero-order chi connectivity index (χ0) is 44.9. The van der Waals surface area contributed by atoms with Crippen LogP contribution >= 0.6 is 11.3 Å². The number of aliphatic hydroxyl groups excluding tert-OH is 1. The molecule has 7 N–H and O–H groups in total. The van der Waals surface area contributed by atoms with Crippen LogP contribution in [-0.4, -0.2) is 108 Å². The van der Waals surface area contributed by atoms with Gasteiger partial charge >= 0.3 is 0 Å². The molecule has 21 heteroatoms. The van der Waals surface area contributed by atoms with Gasteiger partial charge in [0.1, 0.15) is 32.9 Å². The van der Waals surface area contributed by atoms with Crippen molar-refractivity contribution in [2.45, 2.75) is 66.4 Å². The number of aromatic nitrogens is 7. The van der Waals surface area contributed by atoms with Crippen LogP contribution in [0.1, 0.15) is 79.0 Å². The molecule has 3 amide bonds. The number of halogens is 1. The third-order valence-corrected chi connectivity index (χ3v) is 11.6. The molecule has 334 valence electrons. The summed E-state index contributed by atoms with van der Waals surface area (Å²) in [7, 11) is 1.37. The summed E-state index contributed by atoms with van der Waals surface area (Å²) >= 11 is 1.28. The number of aryl methyl sites for hydroxylation is 4. The number of benzene rings is 2. The minimum atomic E-state index is -1.31. The number of anilines is 2. The van der Waals surface area contributed by atoms with Crippen LogP contribution in [0, 0.1) is 19.7 Å². The number of thiazole rings is 1. The van der Waals surface area contributed by atoms with Crippen LogP contribution in [0.5, 0.6) is 11.5 Å². The van der Waals surface area contributed by atoms with Gasteiger partial charge in [0, 0.05) is 44.8 Å². The number of methoxy groups -OCH3 is 1. The van der Waals surface area contributed by atoms with Gasteiger partial charge in [0.05, 0.1) is 60.1 Å². The number of imidazole rings is 2. The Hall–Kier alpha value is -6.42. The van der Waals surface area contributed by atoms with Gasteiger partial charge in [-0.1, -0.05) is 19.1 Å². The first-order valence-electron chi connectivity index (χ1n) is 20.6. The normalized spacial score (nSPS) is 13.9. The van der Waals surface area contributed by atoms with Gasteiger partial charge in [0.2, 0.25) is 17.8 Å². The molecule has 0 bridgehead atoms. The van der Waals surface area contributed by atoms with Crippen LogP contribution in [0.4, 0.5) is 16.3 Å². The molecule has 0 saturated carbocycles. The van der Waals surface area contributed by atoms with E-state index in [1.165, 1.54) is 24.5 Å². The lowest BCUT2D eigenvalue weighted by atomic mass is 10.1.